The molecular formula is C27H29N3O3. The fraction of sp³-hybridized carbons (Fsp3) is 0.333. The van der Waals surface area contributed by atoms with Crippen molar-refractivity contribution in [2.45, 2.75) is 37.6 Å². The Kier molecular flexibility index (Phi) is 6.11. The monoisotopic (exact) mass is 443 g/mol. The number of nitrogens with one attached hydrogen (secondary N) is 1. The van der Waals surface area contributed by atoms with Gasteiger partial charge in [-0.2, -0.15) is 0 Å². The number of aromatic nitrogens is 1. The summed E-state index contributed by atoms with van der Waals surface area (Å²) < 4.78 is 11.6. The lowest BCUT2D eigenvalue weighted by molar-refractivity contribution is -0.130. The van der Waals surface area contributed by atoms with Crippen LogP contribution >= 0.6 is 0 Å². The molecule has 0 bridgehead atoms. The summed E-state index contributed by atoms with van der Waals surface area (Å²) in [5.41, 5.74) is 4.63. The maximum Gasteiger partial charge on any atom is 0.249 e. The fourth-order valence-electron chi connectivity index (χ4n) is 5.07. The summed E-state index contributed by atoms with van der Waals surface area (Å²) in [7, 11) is 1.69. The Morgan fingerprint density at radius 2 is 2.00 bits per heavy atom. The highest BCUT2D eigenvalue weighted by Gasteiger charge is 2.52. The summed E-state index contributed by atoms with van der Waals surface area (Å²) in [6.07, 6.45) is 4.51. The van der Waals surface area contributed by atoms with E-state index in [0.29, 0.717) is 19.6 Å². The van der Waals surface area contributed by atoms with Crippen molar-refractivity contribution in [3.8, 4) is 5.75 Å². The maximum absolute atomic E-state index is 13.0. The van der Waals surface area contributed by atoms with Crippen molar-refractivity contribution in [1.29, 1.82) is 0 Å². The van der Waals surface area contributed by atoms with Crippen molar-refractivity contribution in [2.24, 2.45) is 0 Å². The maximum atomic E-state index is 13.0. The molecule has 0 aliphatic carbocycles. The van der Waals surface area contributed by atoms with Crippen molar-refractivity contribution in [3.63, 3.8) is 0 Å². The van der Waals surface area contributed by atoms with Crippen LogP contribution in [0.25, 0.3) is 0 Å². The molecule has 1 amide bonds. The van der Waals surface area contributed by atoms with Crippen molar-refractivity contribution in [1.82, 2.24) is 15.2 Å². The Labute approximate surface area is 194 Å². The first-order valence-corrected chi connectivity index (χ1v) is 11.4. The highest BCUT2D eigenvalue weighted by atomic mass is 16.5. The van der Waals surface area contributed by atoms with E-state index in [-0.39, 0.29) is 11.4 Å². The molecule has 1 fully saturated rings. The molecule has 0 radical (unpaired) electrons. The van der Waals surface area contributed by atoms with Gasteiger partial charge in [-0.15, -0.1) is 0 Å². The number of hydrogen-bond donors (Lipinski definition) is 1. The van der Waals surface area contributed by atoms with Gasteiger partial charge in [-0.05, 0) is 52.9 Å². The van der Waals surface area contributed by atoms with Gasteiger partial charge >= 0.3 is 0 Å². The van der Waals surface area contributed by atoms with E-state index in [2.05, 4.69) is 51.6 Å². The minimum absolute atomic E-state index is 0.0355. The molecule has 1 spiro atoms. The molecule has 33 heavy (non-hydrogen) atoms. The predicted octanol–water partition coefficient (Wildman–Crippen LogP) is 3.45. The van der Waals surface area contributed by atoms with E-state index in [1.807, 2.05) is 24.3 Å². The minimum atomic E-state index is -0.457. The second kappa shape index (κ2) is 9.33. The molecule has 2 aromatic carbocycles. The first-order valence-electron chi connectivity index (χ1n) is 11.4. The molecule has 3 aromatic rings. The van der Waals surface area contributed by atoms with Gasteiger partial charge in [-0.1, -0.05) is 36.4 Å². The molecule has 3 heterocycles. The zero-order chi connectivity index (χ0) is 22.7. The molecule has 2 atom stereocenters. The first-order chi connectivity index (χ1) is 16.2. The highest BCUT2D eigenvalue weighted by Crippen LogP contribution is 2.47. The van der Waals surface area contributed by atoms with Crippen LogP contribution in [-0.2, 0) is 34.6 Å². The van der Waals surface area contributed by atoms with Gasteiger partial charge in [0.2, 0.25) is 5.91 Å². The Morgan fingerprint density at radius 3 is 2.85 bits per heavy atom. The number of benzene rings is 2. The largest absolute Gasteiger partial charge is 0.497 e. The molecule has 2 aliphatic heterocycles. The smallest absolute Gasteiger partial charge is 0.249 e. The topological polar surface area (TPSA) is 63.7 Å². The Bertz CT molecular complexity index is 1120. The van der Waals surface area contributed by atoms with Gasteiger partial charge in [0, 0.05) is 38.4 Å². The van der Waals surface area contributed by atoms with Crippen LogP contribution in [0, 0.1) is 0 Å². The van der Waals surface area contributed by atoms with E-state index < -0.39 is 6.10 Å². The van der Waals surface area contributed by atoms with Crippen LogP contribution in [0.2, 0.25) is 0 Å². The zero-order valence-electron chi connectivity index (χ0n) is 18.9. The number of pyridine rings is 1. The first kappa shape index (κ1) is 21.6. The SMILES string of the molecule is COc1cccc(CN2Cc3ccccc3C23COC(C(=O)NCCc2ccncc2)C3)c1. The van der Waals surface area contributed by atoms with E-state index in [9.17, 15) is 4.79 Å². The van der Waals surface area contributed by atoms with E-state index >= 15 is 0 Å². The number of methoxy groups -OCH3 is 1. The lowest BCUT2D eigenvalue weighted by atomic mass is 9.86. The predicted molar refractivity (Wildman–Crippen MR) is 126 cm³/mol. The Balaban J connectivity index is 1.30. The number of rotatable bonds is 7. The lowest BCUT2D eigenvalue weighted by Crippen LogP contribution is -2.42. The molecule has 2 unspecified atom stereocenters. The molecule has 1 saturated heterocycles. The van der Waals surface area contributed by atoms with Crippen LogP contribution in [-0.4, -0.2) is 42.2 Å². The van der Waals surface area contributed by atoms with Gasteiger partial charge in [-0.25, -0.2) is 0 Å². The van der Waals surface area contributed by atoms with Gasteiger partial charge in [0.25, 0.3) is 0 Å². The second-order valence-corrected chi connectivity index (χ2v) is 8.80. The summed E-state index contributed by atoms with van der Waals surface area (Å²) >= 11 is 0. The highest BCUT2D eigenvalue weighted by molar-refractivity contribution is 5.81. The summed E-state index contributed by atoms with van der Waals surface area (Å²) in [5, 5.41) is 3.06. The average molecular weight is 444 g/mol. The molecule has 2 aliphatic rings. The molecule has 1 N–H and O–H groups in total. The van der Waals surface area contributed by atoms with Gasteiger partial charge in [0.1, 0.15) is 11.9 Å². The number of fused-ring (bicyclic) bond motifs is 2. The Morgan fingerprint density at radius 1 is 1.15 bits per heavy atom. The molecule has 1 aromatic heterocycles. The lowest BCUT2D eigenvalue weighted by Gasteiger charge is -2.35. The number of amides is 1. The average Bonchev–Trinajstić information content (AvgIpc) is 3.43. The minimum Gasteiger partial charge on any atom is -0.497 e. The molecule has 6 nitrogen and oxygen atoms in total. The third-order valence-corrected chi connectivity index (χ3v) is 6.79. The number of carbonyl (C=O) groups excluding carboxylic acids is 1. The number of nitrogens with zero attached hydrogens (tertiary/aromatic N) is 2. The quantitative estimate of drug-likeness (QED) is 0.606. The van der Waals surface area contributed by atoms with Gasteiger partial charge < -0.3 is 14.8 Å². The summed E-state index contributed by atoms with van der Waals surface area (Å²) in [4.78, 5) is 19.4. The second-order valence-electron chi connectivity index (χ2n) is 8.80. The fourth-order valence-corrected chi connectivity index (χ4v) is 5.07. The molecule has 5 rings (SSSR count). The van der Waals surface area contributed by atoms with Crippen LogP contribution in [0.15, 0.2) is 73.1 Å². The zero-order valence-corrected chi connectivity index (χ0v) is 18.9. The standard InChI is InChI=1S/C27H29N3O3/c1-32-23-7-4-5-21(15-23)17-30-18-22-6-2-3-8-24(22)27(30)16-25(33-19-27)26(31)29-14-11-20-9-12-28-13-10-20/h2-10,12-13,15,25H,11,14,16-19H2,1H3,(H,29,31). The molecule has 0 saturated carbocycles. The van der Waals surface area contributed by atoms with Crippen molar-refractivity contribution in [2.75, 3.05) is 20.3 Å². The third-order valence-electron chi connectivity index (χ3n) is 6.79. The number of hydrogen-bond acceptors (Lipinski definition) is 5. The van der Waals surface area contributed by atoms with Crippen LogP contribution < -0.4 is 10.1 Å². The van der Waals surface area contributed by atoms with Crippen LogP contribution in [0.5, 0.6) is 5.75 Å². The van der Waals surface area contributed by atoms with Crippen molar-refractivity contribution >= 4 is 5.91 Å². The van der Waals surface area contributed by atoms with Crippen molar-refractivity contribution in [3.05, 3.63) is 95.3 Å². The van der Waals surface area contributed by atoms with Crippen LogP contribution in [0.3, 0.4) is 0 Å². The van der Waals surface area contributed by atoms with Gasteiger partial charge in [0.15, 0.2) is 0 Å². The number of ether oxygens (including phenoxy) is 2. The number of carbonyl (C=O) groups is 1. The van der Waals surface area contributed by atoms with E-state index in [1.54, 1.807) is 19.5 Å². The summed E-state index contributed by atoms with van der Waals surface area (Å²) in [5.74, 6) is 0.819. The van der Waals surface area contributed by atoms with E-state index in [4.69, 9.17) is 9.47 Å². The van der Waals surface area contributed by atoms with Gasteiger partial charge in [0.05, 0.1) is 19.3 Å². The van der Waals surface area contributed by atoms with Crippen LogP contribution in [0.1, 0.15) is 28.7 Å². The normalized spacial score (nSPS) is 21.8. The van der Waals surface area contributed by atoms with E-state index in [1.165, 1.54) is 16.7 Å². The Hall–Kier alpha value is -3.22. The van der Waals surface area contributed by atoms with Crippen molar-refractivity contribution < 1.29 is 14.3 Å². The molecule has 6 heteroatoms. The molecule has 170 valence electrons. The summed E-state index contributed by atoms with van der Waals surface area (Å²) in [6, 6.07) is 20.7. The van der Waals surface area contributed by atoms with E-state index in [0.717, 1.165) is 30.8 Å². The van der Waals surface area contributed by atoms with Crippen LogP contribution in [0.4, 0.5) is 0 Å². The van der Waals surface area contributed by atoms with Gasteiger partial charge in [-0.3, -0.25) is 14.7 Å². The molecular weight excluding hydrogens is 414 g/mol. The third kappa shape index (κ3) is 4.36. The summed E-state index contributed by atoms with van der Waals surface area (Å²) in [6.45, 7) is 2.70.